The van der Waals surface area contributed by atoms with E-state index in [1.165, 1.54) is 0 Å². The molecule has 1 fully saturated rings. The highest BCUT2D eigenvalue weighted by Crippen LogP contribution is 2.25. The van der Waals surface area contributed by atoms with E-state index in [-0.39, 0.29) is 5.91 Å². The SMILES string of the molecule is C=CCOc1ccccc1C(=O)N1CCN(Cc2cc(Cl)ccc2OC)CC1. The molecule has 0 aromatic heterocycles. The Balaban J connectivity index is 1.62. The molecule has 0 bridgehead atoms. The number of halogens is 1. The maximum absolute atomic E-state index is 13.0. The van der Waals surface area contributed by atoms with Crippen molar-refractivity contribution < 1.29 is 14.3 Å². The van der Waals surface area contributed by atoms with Crippen molar-refractivity contribution in [2.75, 3.05) is 39.9 Å². The molecule has 5 nitrogen and oxygen atoms in total. The number of piperazine rings is 1. The zero-order chi connectivity index (χ0) is 19.9. The molecule has 3 rings (SSSR count). The molecule has 1 heterocycles. The maximum atomic E-state index is 13.0. The van der Waals surface area contributed by atoms with Gasteiger partial charge >= 0.3 is 0 Å². The van der Waals surface area contributed by atoms with Crippen LogP contribution < -0.4 is 9.47 Å². The fraction of sp³-hybridized carbons (Fsp3) is 0.318. The van der Waals surface area contributed by atoms with Gasteiger partial charge in [-0.3, -0.25) is 9.69 Å². The molecule has 148 valence electrons. The number of methoxy groups -OCH3 is 1. The van der Waals surface area contributed by atoms with Crippen molar-refractivity contribution in [1.29, 1.82) is 0 Å². The van der Waals surface area contributed by atoms with Gasteiger partial charge < -0.3 is 14.4 Å². The number of para-hydroxylation sites is 1. The lowest BCUT2D eigenvalue weighted by Crippen LogP contribution is -2.48. The van der Waals surface area contributed by atoms with E-state index >= 15 is 0 Å². The molecule has 0 saturated carbocycles. The molecule has 0 radical (unpaired) electrons. The first-order chi connectivity index (χ1) is 13.6. The van der Waals surface area contributed by atoms with Crippen molar-refractivity contribution in [2.24, 2.45) is 0 Å². The highest BCUT2D eigenvalue weighted by Gasteiger charge is 2.24. The predicted molar refractivity (Wildman–Crippen MR) is 111 cm³/mol. The number of hydrogen-bond donors (Lipinski definition) is 0. The van der Waals surface area contributed by atoms with Crippen molar-refractivity contribution in [3.05, 3.63) is 71.3 Å². The summed E-state index contributed by atoms with van der Waals surface area (Å²) in [5, 5.41) is 0.695. The second-order valence-corrected chi connectivity index (χ2v) is 7.06. The van der Waals surface area contributed by atoms with E-state index in [1.807, 2.05) is 47.4 Å². The molecule has 1 amide bonds. The molecule has 0 N–H and O–H groups in total. The van der Waals surface area contributed by atoms with E-state index in [1.54, 1.807) is 13.2 Å². The monoisotopic (exact) mass is 400 g/mol. The van der Waals surface area contributed by atoms with Crippen LogP contribution in [0.5, 0.6) is 11.5 Å². The quantitative estimate of drug-likeness (QED) is 0.661. The van der Waals surface area contributed by atoms with E-state index in [9.17, 15) is 4.79 Å². The third kappa shape index (κ3) is 4.86. The van der Waals surface area contributed by atoms with Crippen molar-refractivity contribution in [2.45, 2.75) is 6.54 Å². The van der Waals surface area contributed by atoms with Crippen LogP contribution in [0.2, 0.25) is 5.02 Å². The van der Waals surface area contributed by atoms with Gasteiger partial charge in [0.2, 0.25) is 0 Å². The van der Waals surface area contributed by atoms with Crippen LogP contribution >= 0.6 is 11.6 Å². The van der Waals surface area contributed by atoms with Crippen LogP contribution in [0.1, 0.15) is 15.9 Å². The summed E-state index contributed by atoms with van der Waals surface area (Å²) in [4.78, 5) is 17.1. The molecular formula is C22H25ClN2O3. The van der Waals surface area contributed by atoms with Crippen LogP contribution in [0.3, 0.4) is 0 Å². The first kappa shape index (κ1) is 20.2. The minimum absolute atomic E-state index is 0.000326. The summed E-state index contributed by atoms with van der Waals surface area (Å²) in [6, 6.07) is 13.0. The molecular weight excluding hydrogens is 376 g/mol. The number of benzene rings is 2. The van der Waals surface area contributed by atoms with E-state index in [0.717, 1.165) is 30.9 Å². The lowest BCUT2D eigenvalue weighted by molar-refractivity contribution is 0.0624. The van der Waals surface area contributed by atoms with Gasteiger partial charge in [0.1, 0.15) is 18.1 Å². The number of nitrogens with zero attached hydrogens (tertiary/aromatic N) is 2. The van der Waals surface area contributed by atoms with Crippen molar-refractivity contribution in [3.63, 3.8) is 0 Å². The Bertz CT molecular complexity index is 832. The lowest BCUT2D eigenvalue weighted by Gasteiger charge is -2.35. The molecule has 2 aromatic rings. The zero-order valence-electron chi connectivity index (χ0n) is 16.1. The summed E-state index contributed by atoms with van der Waals surface area (Å²) in [5.41, 5.74) is 1.65. The Morgan fingerprint density at radius 2 is 1.89 bits per heavy atom. The second-order valence-electron chi connectivity index (χ2n) is 6.62. The smallest absolute Gasteiger partial charge is 0.257 e. The van der Waals surface area contributed by atoms with Crippen molar-refractivity contribution in [1.82, 2.24) is 9.80 Å². The van der Waals surface area contributed by atoms with Gasteiger partial charge in [-0.15, -0.1) is 0 Å². The highest BCUT2D eigenvalue weighted by atomic mass is 35.5. The number of hydrogen-bond acceptors (Lipinski definition) is 4. The van der Waals surface area contributed by atoms with E-state index in [0.29, 0.717) is 36.0 Å². The molecule has 1 aliphatic rings. The summed E-state index contributed by atoms with van der Waals surface area (Å²) in [6.45, 7) is 7.68. The molecule has 2 aromatic carbocycles. The van der Waals surface area contributed by atoms with Gasteiger partial charge in [0.05, 0.1) is 12.7 Å². The largest absolute Gasteiger partial charge is 0.496 e. The van der Waals surface area contributed by atoms with E-state index in [4.69, 9.17) is 21.1 Å². The first-order valence-corrected chi connectivity index (χ1v) is 9.67. The minimum Gasteiger partial charge on any atom is -0.496 e. The summed E-state index contributed by atoms with van der Waals surface area (Å²) in [6.07, 6.45) is 1.67. The van der Waals surface area contributed by atoms with E-state index in [2.05, 4.69) is 11.5 Å². The van der Waals surface area contributed by atoms with Crippen LogP contribution in [0.4, 0.5) is 0 Å². The fourth-order valence-corrected chi connectivity index (χ4v) is 3.50. The van der Waals surface area contributed by atoms with Crippen molar-refractivity contribution in [3.8, 4) is 11.5 Å². The number of carbonyl (C=O) groups is 1. The summed E-state index contributed by atoms with van der Waals surface area (Å²) < 4.78 is 11.1. The van der Waals surface area contributed by atoms with Crippen LogP contribution in [-0.4, -0.2) is 55.6 Å². The summed E-state index contributed by atoms with van der Waals surface area (Å²) >= 11 is 6.13. The average Bonchev–Trinajstić information content (AvgIpc) is 2.73. The molecule has 6 heteroatoms. The third-order valence-corrected chi connectivity index (χ3v) is 5.01. The summed E-state index contributed by atoms with van der Waals surface area (Å²) in [5.74, 6) is 1.43. The number of rotatable bonds is 7. The van der Waals surface area contributed by atoms with Gasteiger partial charge in [-0.25, -0.2) is 0 Å². The Hall–Kier alpha value is -2.50. The van der Waals surface area contributed by atoms with Crippen LogP contribution in [0, 0.1) is 0 Å². The van der Waals surface area contributed by atoms with Crippen molar-refractivity contribution >= 4 is 17.5 Å². The van der Waals surface area contributed by atoms with Gasteiger partial charge in [-0.2, -0.15) is 0 Å². The fourth-order valence-electron chi connectivity index (χ4n) is 3.31. The number of carbonyl (C=O) groups excluding carboxylic acids is 1. The van der Waals surface area contributed by atoms with Crippen LogP contribution in [0.25, 0.3) is 0 Å². The van der Waals surface area contributed by atoms with Gasteiger partial charge in [0, 0.05) is 43.3 Å². The summed E-state index contributed by atoms with van der Waals surface area (Å²) in [7, 11) is 1.66. The Morgan fingerprint density at radius 3 is 2.61 bits per heavy atom. The molecule has 0 unspecified atom stereocenters. The Morgan fingerprint density at radius 1 is 1.14 bits per heavy atom. The van der Waals surface area contributed by atoms with Gasteiger partial charge in [0.25, 0.3) is 5.91 Å². The van der Waals surface area contributed by atoms with Gasteiger partial charge in [-0.1, -0.05) is 36.4 Å². The average molecular weight is 401 g/mol. The predicted octanol–water partition coefficient (Wildman–Crippen LogP) is 3.87. The first-order valence-electron chi connectivity index (χ1n) is 9.29. The standard InChI is InChI=1S/C22H25ClN2O3/c1-3-14-28-21-7-5-4-6-19(21)22(26)25-12-10-24(11-13-25)16-17-15-18(23)8-9-20(17)27-2/h3-9,15H,1,10-14,16H2,2H3. The third-order valence-electron chi connectivity index (χ3n) is 4.77. The molecule has 0 spiro atoms. The van der Waals surface area contributed by atoms with Crippen LogP contribution in [0.15, 0.2) is 55.1 Å². The zero-order valence-corrected chi connectivity index (χ0v) is 16.8. The number of amides is 1. The molecule has 0 aliphatic carbocycles. The van der Waals surface area contributed by atoms with Crippen LogP contribution in [-0.2, 0) is 6.54 Å². The molecule has 1 aliphatic heterocycles. The van der Waals surface area contributed by atoms with Gasteiger partial charge in [0.15, 0.2) is 0 Å². The maximum Gasteiger partial charge on any atom is 0.257 e. The molecule has 1 saturated heterocycles. The lowest BCUT2D eigenvalue weighted by atomic mass is 10.1. The van der Waals surface area contributed by atoms with E-state index < -0.39 is 0 Å². The number of ether oxygens (including phenoxy) is 2. The topological polar surface area (TPSA) is 42.0 Å². The molecule has 28 heavy (non-hydrogen) atoms. The minimum atomic E-state index is -0.000326. The second kappa shape index (κ2) is 9.62. The molecule has 0 atom stereocenters. The Kier molecular flexibility index (Phi) is 6.95. The highest BCUT2D eigenvalue weighted by molar-refractivity contribution is 6.30. The Labute approximate surface area is 171 Å². The van der Waals surface area contributed by atoms with Gasteiger partial charge in [-0.05, 0) is 30.3 Å². The normalized spacial score (nSPS) is 14.6.